The Morgan fingerprint density at radius 1 is 1.08 bits per heavy atom. The third-order valence-electron chi connectivity index (χ3n) is 11.1. The Morgan fingerprint density at radius 2 is 1.76 bits per heavy atom. The van der Waals surface area contributed by atoms with E-state index in [4.69, 9.17) is 14.2 Å². The molecule has 1 N–H and O–H groups in total. The van der Waals surface area contributed by atoms with Crippen LogP contribution in [0.25, 0.3) is 0 Å². The van der Waals surface area contributed by atoms with Crippen LogP contribution in [0.4, 0.5) is 0 Å². The molecule has 0 aromatic heterocycles. The molecule has 1 saturated heterocycles. The normalized spacial score (nSPS) is 47.9. The van der Waals surface area contributed by atoms with Crippen molar-refractivity contribution < 1.29 is 33.7 Å². The zero-order valence-electron chi connectivity index (χ0n) is 23.2. The van der Waals surface area contributed by atoms with E-state index in [1.807, 2.05) is 19.9 Å². The van der Waals surface area contributed by atoms with E-state index in [9.17, 15) is 19.5 Å². The van der Waals surface area contributed by atoms with Gasteiger partial charge >= 0.3 is 11.9 Å². The molecule has 0 unspecified atom stereocenters. The molecule has 0 aromatic rings. The molecule has 1 aliphatic heterocycles. The average molecular weight is 515 g/mol. The minimum atomic E-state index is -0.798. The highest BCUT2D eigenvalue weighted by Crippen LogP contribution is 2.73. The van der Waals surface area contributed by atoms with Gasteiger partial charge in [0.25, 0.3) is 0 Å². The minimum Gasteiger partial charge on any atom is -0.458 e. The maximum Gasteiger partial charge on any atom is 0.303 e. The fourth-order valence-electron chi connectivity index (χ4n) is 9.76. The number of allylic oxidation sites excluding steroid dienone is 3. The van der Waals surface area contributed by atoms with Crippen molar-refractivity contribution in [3.8, 4) is 0 Å². The minimum absolute atomic E-state index is 0.00195. The molecular formula is C30H42O7. The summed E-state index contributed by atoms with van der Waals surface area (Å²) in [7, 11) is 0. The van der Waals surface area contributed by atoms with E-state index in [1.54, 1.807) is 6.08 Å². The molecule has 5 rings (SSSR count). The van der Waals surface area contributed by atoms with Crippen LogP contribution >= 0.6 is 0 Å². The number of esters is 2. The maximum atomic E-state index is 13.2. The summed E-state index contributed by atoms with van der Waals surface area (Å²) in [5, 5.41) is 10.1. The number of aliphatic hydroxyl groups excluding tert-OH is 1. The van der Waals surface area contributed by atoms with Gasteiger partial charge in [0.2, 0.25) is 0 Å². The second-order valence-electron chi connectivity index (χ2n) is 13.4. The number of fused-ring (bicyclic) bond motifs is 5. The summed E-state index contributed by atoms with van der Waals surface area (Å²) in [5.41, 5.74) is -0.745. The van der Waals surface area contributed by atoms with E-state index in [1.165, 1.54) is 19.4 Å². The molecule has 204 valence electrons. The molecule has 37 heavy (non-hydrogen) atoms. The smallest absolute Gasteiger partial charge is 0.303 e. The monoisotopic (exact) mass is 514 g/mol. The first-order valence-electron chi connectivity index (χ1n) is 13.8. The molecule has 0 radical (unpaired) electrons. The quantitative estimate of drug-likeness (QED) is 0.441. The largest absolute Gasteiger partial charge is 0.458 e. The Morgan fingerprint density at radius 3 is 2.35 bits per heavy atom. The molecular weight excluding hydrogens is 472 g/mol. The van der Waals surface area contributed by atoms with Gasteiger partial charge in [0.05, 0.1) is 6.61 Å². The second-order valence-corrected chi connectivity index (χ2v) is 13.4. The van der Waals surface area contributed by atoms with Crippen LogP contribution in [0.5, 0.6) is 0 Å². The lowest BCUT2D eigenvalue weighted by molar-refractivity contribution is -0.238. The predicted molar refractivity (Wildman–Crippen MR) is 136 cm³/mol. The van der Waals surface area contributed by atoms with Crippen molar-refractivity contribution in [1.82, 2.24) is 0 Å². The molecule has 3 fully saturated rings. The zero-order valence-corrected chi connectivity index (χ0v) is 23.2. The van der Waals surface area contributed by atoms with Crippen LogP contribution < -0.4 is 0 Å². The fourth-order valence-corrected chi connectivity index (χ4v) is 9.76. The van der Waals surface area contributed by atoms with Crippen molar-refractivity contribution in [2.75, 3.05) is 6.61 Å². The Bertz CT molecular complexity index is 1070. The molecule has 10 atom stereocenters. The number of carbonyl (C=O) groups is 3. The SMILES string of the molecule is CC(=O)O[C@H]1[C@@H](OC(C)=O)[C@@]2(C)C3=CC[C@@H]([C@@H]4CO[C@H](O)C4)[C@]3(C)CC[C@@H]2[C@@]2(C)C=CC(=O)C(C)(C)[C@H]12. The summed E-state index contributed by atoms with van der Waals surface area (Å²) < 4.78 is 17.8. The van der Waals surface area contributed by atoms with Crippen LogP contribution in [0.15, 0.2) is 23.8 Å². The number of hydrogen-bond acceptors (Lipinski definition) is 7. The average Bonchev–Trinajstić information content (AvgIpc) is 3.36. The van der Waals surface area contributed by atoms with Crippen molar-refractivity contribution >= 4 is 17.7 Å². The first-order chi connectivity index (χ1) is 17.2. The molecule has 0 amide bonds. The first-order valence-corrected chi connectivity index (χ1v) is 13.8. The molecule has 0 bridgehead atoms. The van der Waals surface area contributed by atoms with Gasteiger partial charge in [-0.25, -0.2) is 0 Å². The molecule has 0 aromatic carbocycles. The Hall–Kier alpha value is -1.99. The van der Waals surface area contributed by atoms with E-state index >= 15 is 0 Å². The number of hydrogen-bond donors (Lipinski definition) is 1. The van der Waals surface area contributed by atoms with Gasteiger partial charge in [-0.1, -0.05) is 52.3 Å². The third-order valence-corrected chi connectivity index (χ3v) is 11.1. The number of rotatable bonds is 3. The zero-order chi connectivity index (χ0) is 27.1. The van der Waals surface area contributed by atoms with Crippen LogP contribution in [0.3, 0.4) is 0 Å². The summed E-state index contributed by atoms with van der Waals surface area (Å²) in [5.74, 6) is -0.568. The number of carbonyl (C=O) groups excluding carboxylic acids is 3. The Kier molecular flexibility index (Phi) is 6.12. The predicted octanol–water partition coefficient (Wildman–Crippen LogP) is 4.37. The van der Waals surface area contributed by atoms with Crippen LogP contribution in [0.2, 0.25) is 0 Å². The van der Waals surface area contributed by atoms with E-state index in [-0.39, 0.29) is 29.0 Å². The molecule has 4 aliphatic carbocycles. The topological polar surface area (TPSA) is 99.1 Å². The highest BCUT2D eigenvalue weighted by molar-refractivity contribution is 5.96. The molecule has 1 heterocycles. The highest BCUT2D eigenvalue weighted by Gasteiger charge is 2.72. The van der Waals surface area contributed by atoms with Gasteiger partial charge in [-0.3, -0.25) is 14.4 Å². The summed E-state index contributed by atoms with van der Waals surface area (Å²) in [6.45, 7) is 13.9. The molecule has 7 heteroatoms. The van der Waals surface area contributed by atoms with E-state index in [0.717, 1.165) is 19.3 Å². The van der Waals surface area contributed by atoms with Crippen LogP contribution in [-0.4, -0.2) is 47.9 Å². The Labute approximate surface area is 220 Å². The van der Waals surface area contributed by atoms with Gasteiger partial charge in [0.1, 0.15) is 12.2 Å². The summed E-state index contributed by atoms with van der Waals surface area (Å²) in [6, 6.07) is 0. The van der Waals surface area contributed by atoms with E-state index < -0.39 is 46.7 Å². The van der Waals surface area contributed by atoms with E-state index in [0.29, 0.717) is 18.9 Å². The van der Waals surface area contributed by atoms with Gasteiger partial charge < -0.3 is 19.3 Å². The van der Waals surface area contributed by atoms with Gasteiger partial charge in [-0.05, 0) is 53.9 Å². The van der Waals surface area contributed by atoms with Gasteiger partial charge in [0.15, 0.2) is 12.1 Å². The van der Waals surface area contributed by atoms with Crippen molar-refractivity contribution in [3.05, 3.63) is 23.8 Å². The summed E-state index contributed by atoms with van der Waals surface area (Å²) in [6.07, 6.45) is 7.25. The van der Waals surface area contributed by atoms with Gasteiger partial charge in [-0.15, -0.1) is 0 Å². The molecule has 2 saturated carbocycles. The molecule has 0 spiro atoms. The summed E-state index contributed by atoms with van der Waals surface area (Å²) >= 11 is 0. The molecule has 5 aliphatic rings. The number of ketones is 1. The summed E-state index contributed by atoms with van der Waals surface area (Å²) in [4.78, 5) is 38.3. The third kappa shape index (κ3) is 3.63. The van der Waals surface area contributed by atoms with Crippen molar-refractivity contribution in [2.24, 2.45) is 45.3 Å². The molecule has 7 nitrogen and oxygen atoms in total. The lowest BCUT2D eigenvalue weighted by Gasteiger charge is -2.68. The lowest BCUT2D eigenvalue weighted by atomic mass is 9.37. The maximum absolute atomic E-state index is 13.2. The van der Waals surface area contributed by atoms with Crippen molar-refractivity contribution in [3.63, 3.8) is 0 Å². The van der Waals surface area contributed by atoms with Gasteiger partial charge in [0, 0.05) is 37.0 Å². The first kappa shape index (κ1) is 26.6. The fraction of sp³-hybridized carbons (Fsp3) is 0.767. The Balaban J connectivity index is 1.68. The van der Waals surface area contributed by atoms with Crippen molar-refractivity contribution in [1.29, 1.82) is 0 Å². The number of aliphatic hydroxyl groups is 1. The lowest BCUT2D eigenvalue weighted by Crippen LogP contribution is -2.70. The second kappa shape index (κ2) is 8.51. The highest BCUT2D eigenvalue weighted by atomic mass is 16.6. The van der Waals surface area contributed by atoms with Gasteiger partial charge in [-0.2, -0.15) is 0 Å². The van der Waals surface area contributed by atoms with Crippen LogP contribution in [0.1, 0.15) is 74.1 Å². The van der Waals surface area contributed by atoms with E-state index in [2.05, 4.69) is 26.8 Å². The van der Waals surface area contributed by atoms with Crippen molar-refractivity contribution in [2.45, 2.75) is 92.6 Å². The number of ether oxygens (including phenoxy) is 3. The van der Waals surface area contributed by atoms with Crippen LogP contribution in [0, 0.1) is 45.3 Å². The standard InChI is InChI=1S/C30H42O7/c1-16(31)36-24-25-27(3,4)22(33)11-13-29(25,6)21-10-12-28(5)19(18-14-23(34)35-15-18)8-9-20(28)30(21,7)26(24)37-17(2)32/h9,11,13,18-19,21,23-26,34H,8,10,12,14-15H2,1-7H3/t18-,19-,21+,23-,24+,25-,26+,28-,29+,30-/m0/s1. The van der Waals surface area contributed by atoms with Crippen LogP contribution in [-0.2, 0) is 28.6 Å².